The lowest BCUT2D eigenvalue weighted by molar-refractivity contribution is -0.145. The number of hydrogen-bond donors (Lipinski definition) is 0. The van der Waals surface area contributed by atoms with Crippen LogP contribution in [0, 0.1) is 0 Å². The number of nitrogens with zero attached hydrogens (tertiary/aromatic N) is 1. The molecule has 0 aromatic carbocycles. The maximum Gasteiger partial charge on any atom is 0.331 e. The highest BCUT2D eigenvalue weighted by Gasteiger charge is 2.28. The van der Waals surface area contributed by atoms with Gasteiger partial charge in [-0.3, -0.25) is 9.59 Å². The predicted octanol–water partition coefficient (Wildman–Crippen LogP) is 2.65. The third kappa shape index (κ3) is 8.82. The molecule has 25 heavy (non-hydrogen) atoms. The summed E-state index contributed by atoms with van der Waals surface area (Å²) in [5, 5.41) is 0. The fourth-order valence-corrected chi connectivity index (χ4v) is 2.80. The van der Waals surface area contributed by atoms with Gasteiger partial charge in [-0.2, -0.15) is 0 Å². The van der Waals surface area contributed by atoms with Gasteiger partial charge < -0.3 is 14.4 Å². The molecule has 142 valence electrons. The molecule has 0 bridgehead atoms. The van der Waals surface area contributed by atoms with Gasteiger partial charge in [0, 0.05) is 26.0 Å². The molecule has 0 spiro atoms. The third-order valence-corrected chi connectivity index (χ3v) is 4.29. The molecule has 0 aliphatic carbocycles. The molecule has 0 aromatic heterocycles. The summed E-state index contributed by atoms with van der Waals surface area (Å²) in [6.45, 7) is 3.19. The highest BCUT2D eigenvalue weighted by Crippen LogP contribution is 2.20. The molecule has 1 atom stereocenters. The topological polar surface area (TPSA) is 72.9 Å². The Morgan fingerprint density at radius 3 is 2.76 bits per heavy atom. The van der Waals surface area contributed by atoms with Crippen LogP contribution in [-0.4, -0.2) is 55.5 Å². The van der Waals surface area contributed by atoms with Crippen LogP contribution in [0.5, 0.6) is 0 Å². The maximum atomic E-state index is 12.0. The van der Waals surface area contributed by atoms with Gasteiger partial charge in [-0.05, 0) is 31.8 Å². The fraction of sp³-hybridized carbons (Fsp3) is 0.737. The van der Waals surface area contributed by atoms with E-state index in [0.29, 0.717) is 26.0 Å². The number of ether oxygens (including phenoxy) is 2. The first kappa shape index (κ1) is 21.4. The van der Waals surface area contributed by atoms with Crippen molar-refractivity contribution in [3.05, 3.63) is 12.2 Å². The van der Waals surface area contributed by atoms with E-state index in [9.17, 15) is 14.4 Å². The van der Waals surface area contributed by atoms with Crippen LogP contribution in [0.3, 0.4) is 0 Å². The molecule has 1 amide bonds. The third-order valence-electron chi connectivity index (χ3n) is 4.29. The van der Waals surface area contributed by atoms with Gasteiger partial charge in [-0.15, -0.1) is 0 Å². The van der Waals surface area contributed by atoms with E-state index in [2.05, 4.69) is 11.7 Å². The molecule has 1 heterocycles. The van der Waals surface area contributed by atoms with E-state index in [-0.39, 0.29) is 30.3 Å². The Morgan fingerprint density at radius 2 is 2.04 bits per heavy atom. The Kier molecular flexibility index (Phi) is 10.8. The van der Waals surface area contributed by atoms with Crippen LogP contribution in [0.15, 0.2) is 12.2 Å². The van der Waals surface area contributed by atoms with Crippen molar-refractivity contribution in [1.29, 1.82) is 0 Å². The molecule has 0 N–H and O–H groups in total. The van der Waals surface area contributed by atoms with Crippen LogP contribution in [0.1, 0.15) is 58.3 Å². The van der Waals surface area contributed by atoms with Crippen molar-refractivity contribution in [2.24, 2.45) is 0 Å². The number of carbonyl (C=O) groups excluding carboxylic acids is 3. The summed E-state index contributed by atoms with van der Waals surface area (Å²) in [5.41, 5.74) is 0. The van der Waals surface area contributed by atoms with Gasteiger partial charge in [-0.1, -0.05) is 25.8 Å². The standard InChI is InChI=1S/C19H31NO5/c1-3-4-5-8-17(21)11-9-16-10-12-18(22)20(16)13-6-7-14-25-15-19(23)24-2/h9,11,16H,3-8,10,12-15H2,1-2H3/b11-9+. The number of allylic oxidation sites excluding steroid dienone is 1. The number of amides is 1. The number of methoxy groups -OCH3 is 1. The number of ketones is 1. The second-order valence-electron chi connectivity index (χ2n) is 6.31. The van der Waals surface area contributed by atoms with Crippen molar-refractivity contribution < 1.29 is 23.9 Å². The molecule has 0 saturated carbocycles. The van der Waals surface area contributed by atoms with Gasteiger partial charge in [0.25, 0.3) is 0 Å². The molecule has 1 aliphatic rings. The highest BCUT2D eigenvalue weighted by molar-refractivity contribution is 5.90. The average molecular weight is 353 g/mol. The molecule has 1 unspecified atom stereocenters. The molecule has 1 rings (SSSR count). The Labute approximate surface area is 150 Å². The molecular formula is C19H31NO5. The van der Waals surface area contributed by atoms with E-state index in [1.54, 1.807) is 6.08 Å². The molecule has 6 heteroatoms. The van der Waals surface area contributed by atoms with Gasteiger partial charge in [-0.25, -0.2) is 4.79 Å². The lowest BCUT2D eigenvalue weighted by Gasteiger charge is -2.22. The molecule has 1 aliphatic heterocycles. The summed E-state index contributed by atoms with van der Waals surface area (Å²) in [6, 6.07) is 0.0265. The van der Waals surface area contributed by atoms with Crippen molar-refractivity contribution >= 4 is 17.7 Å². The molecule has 0 radical (unpaired) electrons. The smallest absolute Gasteiger partial charge is 0.331 e. The van der Waals surface area contributed by atoms with Crippen molar-refractivity contribution in [3.63, 3.8) is 0 Å². The number of hydrogen-bond acceptors (Lipinski definition) is 5. The number of unbranched alkanes of at least 4 members (excludes halogenated alkanes) is 3. The predicted molar refractivity (Wildman–Crippen MR) is 95.1 cm³/mol. The quantitative estimate of drug-likeness (QED) is 0.289. The lowest BCUT2D eigenvalue weighted by Crippen LogP contribution is -2.32. The minimum Gasteiger partial charge on any atom is -0.467 e. The van der Waals surface area contributed by atoms with Crippen molar-refractivity contribution in [2.45, 2.75) is 64.3 Å². The van der Waals surface area contributed by atoms with E-state index in [1.165, 1.54) is 7.11 Å². The number of likely N-dealkylation sites (tertiary alicyclic amines) is 1. The van der Waals surface area contributed by atoms with Gasteiger partial charge in [0.15, 0.2) is 5.78 Å². The van der Waals surface area contributed by atoms with Crippen LogP contribution >= 0.6 is 0 Å². The highest BCUT2D eigenvalue weighted by atomic mass is 16.6. The Bertz CT molecular complexity index is 461. The lowest BCUT2D eigenvalue weighted by atomic mass is 10.1. The van der Waals surface area contributed by atoms with Crippen molar-refractivity contribution in [1.82, 2.24) is 4.90 Å². The first-order valence-corrected chi connectivity index (χ1v) is 9.23. The summed E-state index contributed by atoms with van der Waals surface area (Å²) in [7, 11) is 1.33. The van der Waals surface area contributed by atoms with Gasteiger partial charge in [0.2, 0.25) is 5.91 Å². The first-order chi connectivity index (χ1) is 12.1. The van der Waals surface area contributed by atoms with Crippen LogP contribution < -0.4 is 0 Å². The van der Waals surface area contributed by atoms with Gasteiger partial charge in [0.05, 0.1) is 13.2 Å². The molecule has 6 nitrogen and oxygen atoms in total. The summed E-state index contributed by atoms with van der Waals surface area (Å²) in [5.74, 6) is -0.101. The first-order valence-electron chi connectivity index (χ1n) is 9.23. The largest absolute Gasteiger partial charge is 0.467 e. The molecule has 0 aromatic rings. The van der Waals surface area contributed by atoms with E-state index >= 15 is 0 Å². The normalized spacial score (nSPS) is 17.4. The Balaban J connectivity index is 2.27. The van der Waals surface area contributed by atoms with E-state index in [0.717, 1.165) is 38.5 Å². The second-order valence-corrected chi connectivity index (χ2v) is 6.31. The van der Waals surface area contributed by atoms with Crippen LogP contribution in [0.25, 0.3) is 0 Å². The minimum absolute atomic E-state index is 0.0265. The van der Waals surface area contributed by atoms with E-state index < -0.39 is 0 Å². The van der Waals surface area contributed by atoms with Gasteiger partial charge >= 0.3 is 5.97 Å². The molecular weight excluding hydrogens is 322 g/mol. The number of carbonyl (C=O) groups is 3. The zero-order chi connectivity index (χ0) is 18.5. The average Bonchev–Trinajstić information content (AvgIpc) is 2.96. The minimum atomic E-state index is -0.386. The Hall–Kier alpha value is -1.69. The summed E-state index contributed by atoms with van der Waals surface area (Å²) in [4.78, 5) is 36.6. The number of rotatable bonds is 13. The number of esters is 1. The van der Waals surface area contributed by atoms with E-state index in [4.69, 9.17) is 4.74 Å². The van der Waals surface area contributed by atoms with Crippen molar-refractivity contribution in [2.75, 3.05) is 26.9 Å². The van der Waals surface area contributed by atoms with Crippen LogP contribution in [0.2, 0.25) is 0 Å². The zero-order valence-corrected chi connectivity index (χ0v) is 15.5. The molecule has 1 saturated heterocycles. The zero-order valence-electron chi connectivity index (χ0n) is 15.5. The summed E-state index contributed by atoms with van der Waals surface area (Å²) < 4.78 is 9.68. The van der Waals surface area contributed by atoms with Gasteiger partial charge in [0.1, 0.15) is 6.61 Å². The SMILES string of the molecule is CCCCCC(=O)/C=C/C1CCC(=O)N1CCCCOCC(=O)OC. The molecule has 1 fully saturated rings. The van der Waals surface area contributed by atoms with Crippen molar-refractivity contribution in [3.8, 4) is 0 Å². The van der Waals surface area contributed by atoms with Crippen LogP contribution in [-0.2, 0) is 23.9 Å². The van der Waals surface area contributed by atoms with E-state index in [1.807, 2.05) is 11.0 Å². The second kappa shape index (κ2) is 12.6. The summed E-state index contributed by atoms with van der Waals surface area (Å²) >= 11 is 0. The van der Waals surface area contributed by atoms with Crippen LogP contribution in [0.4, 0.5) is 0 Å². The fourth-order valence-electron chi connectivity index (χ4n) is 2.80. The monoisotopic (exact) mass is 353 g/mol. The Morgan fingerprint density at radius 1 is 1.24 bits per heavy atom. The summed E-state index contributed by atoms with van der Waals surface area (Å²) in [6.07, 6.45) is 10.1. The maximum absolute atomic E-state index is 12.0.